The van der Waals surface area contributed by atoms with E-state index in [2.05, 4.69) is 0 Å². The minimum absolute atomic E-state index is 0.0122. The van der Waals surface area contributed by atoms with E-state index in [-0.39, 0.29) is 12.6 Å². The molecule has 0 saturated heterocycles. The van der Waals surface area contributed by atoms with Crippen molar-refractivity contribution in [1.82, 2.24) is 0 Å². The van der Waals surface area contributed by atoms with E-state index in [9.17, 15) is 5.11 Å². The van der Waals surface area contributed by atoms with Crippen LogP contribution in [-0.2, 0) is 0 Å². The van der Waals surface area contributed by atoms with Crippen LogP contribution in [0.5, 0.6) is 0 Å². The number of aliphatic hydroxyl groups is 1. The number of halogens is 2. The lowest BCUT2D eigenvalue weighted by atomic mass is 9.82. The first-order valence-electron chi connectivity index (χ1n) is 4.69. The highest BCUT2D eigenvalue weighted by Crippen LogP contribution is 2.33. The Labute approximate surface area is 100.0 Å². The third-order valence-corrected chi connectivity index (χ3v) is 2.93. The van der Waals surface area contributed by atoms with E-state index in [1.165, 1.54) is 0 Å². The second kappa shape index (κ2) is 4.71. The van der Waals surface area contributed by atoms with Crippen molar-refractivity contribution in [3.63, 3.8) is 0 Å². The molecular formula is C11H15Cl2NO. The first kappa shape index (κ1) is 12.8. The lowest BCUT2D eigenvalue weighted by Gasteiger charge is -2.29. The number of rotatable bonds is 3. The van der Waals surface area contributed by atoms with E-state index < -0.39 is 5.41 Å². The van der Waals surface area contributed by atoms with Gasteiger partial charge in [-0.25, -0.2) is 0 Å². The smallest absolute Gasteiger partial charge is 0.0500 e. The number of hydrogen-bond acceptors (Lipinski definition) is 2. The molecule has 1 atom stereocenters. The van der Waals surface area contributed by atoms with Crippen LogP contribution in [-0.4, -0.2) is 11.7 Å². The second-order valence-electron chi connectivity index (χ2n) is 4.33. The molecule has 0 radical (unpaired) electrons. The van der Waals surface area contributed by atoms with Gasteiger partial charge in [-0.2, -0.15) is 0 Å². The molecule has 1 rings (SSSR count). The highest BCUT2D eigenvalue weighted by Gasteiger charge is 2.27. The van der Waals surface area contributed by atoms with Gasteiger partial charge >= 0.3 is 0 Å². The molecule has 0 fully saturated rings. The fraction of sp³-hybridized carbons (Fsp3) is 0.455. The van der Waals surface area contributed by atoms with Gasteiger partial charge in [-0.15, -0.1) is 0 Å². The maximum atomic E-state index is 9.22. The van der Waals surface area contributed by atoms with Gasteiger partial charge < -0.3 is 10.8 Å². The van der Waals surface area contributed by atoms with Crippen molar-refractivity contribution in [3.8, 4) is 0 Å². The Morgan fingerprint density at radius 1 is 1.27 bits per heavy atom. The van der Waals surface area contributed by atoms with E-state index in [0.717, 1.165) is 5.56 Å². The molecule has 0 saturated carbocycles. The first-order valence-corrected chi connectivity index (χ1v) is 5.45. The quantitative estimate of drug-likeness (QED) is 0.863. The van der Waals surface area contributed by atoms with E-state index in [1.807, 2.05) is 13.8 Å². The summed E-state index contributed by atoms with van der Waals surface area (Å²) in [6.07, 6.45) is 0. The molecule has 0 unspecified atom stereocenters. The van der Waals surface area contributed by atoms with Gasteiger partial charge in [0.25, 0.3) is 0 Å². The number of aliphatic hydroxyl groups excluding tert-OH is 1. The van der Waals surface area contributed by atoms with Gasteiger partial charge in [0, 0.05) is 28.1 Å². The average molecular weight is 248 g/mol. The Bertz CT molecular complexity index is 332. The number of nitrogens with two attached hydrogens (primary N) is 1. The van der Waals surface area contributed by atoms with Crippen molar-refractivity contribution in [1.29, 1.82) is 0 Å². The van der Waals surface area contributed by atoms with Crippen molar-refractivity contribution in [2.24, 2.45) is 11.1 Å². The molecule has 1 aromatic rings. The van der Waals surface area contributed by atoms with Gasteiger partial charge in [-0.1, -0.05) is 37.0 Å². The molecule has 15 heavy (non-hydrogen) atoms. The standard InChI is InChI=1S/C11H15Cl2NO/c1-11(2,6-15)10(14)7-3-8(12)5-9(13)4-7/h3-5,10,15H,6,14H2,1-2H3/t10-/m0/s1. The number of benzene rings is 1. The summed E-state index contributed by atoms with van der Waals surface area (Å²) in [5.41, 5.74) is 6.49. The fourth-order valence-corrected chi connectivity index (χ4v) is 1.85. The van der Waals surface area contributed by atoms with Crippen molar-refractivity contribution < 1.29 is 5.11 Å². The summed E-state index contributed by atoms with van der Waals surface area (Å²) in [6.45, 7) is 3.80. The Kier molecular flexibility index (Phi) is 4.01. The Morgan fingerprint density at radius 2 is 1.73 bits per heavy atom. The van der Waals surface area contributed by atoms with Gasteiger partial charge in [0.05, 0.1) is 0 Å². The van der Waals surface area contributed by atoms with Crippen LogP contribution in [0, 0.1) is 5.41 Å². The van der Waals surface area contributed by atoms with Gasteiger partial charge in [-0.05, 0) is 23.8 Å². The molecule has 0 aliphatic rings. The minimum Gasteiger partial charge on any atom is -0.396 e. The topological polar surface area (TPSA) is 46.2 Å². The Balaban J connectivity index is 3.06. The molecule has 1 aromatic carbocycles. The molecule has 4 heteroatoms. The molecule has 0 aliphatic carbocycles. The molecule has 0 heterocycles. The van der Waals surface area contributed by atoms with E-state index in [1.54, 1.807) is 18.2 Å². The summed E-state index contributed by atoms with van der Waals surface area (Å²) in [4.78, 5) is 0. The van der Waals surface area contributed by atoms with Crippen LogP contribution in [0.2, 0.25) is 10.0 Å². The molecule has 3 N–H and O–H groups in total. The van der Waals surface area contributed by atoms with E-state index in [0.29, 0.717) is 10.0 Å². The van der Waals surface area contributed by atoms with E-state index >= 15 is 0 Å². The first-order chi connectivity index (χ1) is 6.86. The minimum atomic E-state index is -0.395. The lowest BCUT2D eigenvalue weighted by molar-refractivity contribution is 0.132. The summed E-state index contributed by atoms with van der Waals surface area (Å²) >= 11 is 11.8. The highest BCUT2D eigenvalue weighted by molar-refractivity contribution is 6.34. The predicted octanol–water partition coefficient (Wildman–Crippen LogP) is 3.01. The van der Waals surface area contributed by atoms with Crippen LogP contribution >= 0.6 is 23.2 Å². The molecule has 0 spiro atoms. The maximum Gasteiger partial charge on any atom is 0.0500 e. The summed E-state index contributed by atoms with van der Waals surface area (Å²) < 4.78 is 0. The Morgan fingerprint density at radius 3 is 2.13 bits per heavy atom. The van der Waals surface area contributed by atoms with Crippen LogP contribution in [0.15, 0.2) is 18.2 Å². The second-order valence-corrected chi connectivity index (χ2v) is 5.20. The largest absolute Gasteiger partial charge is 0.396 e. The van der Waals surface area contributed by atoms with Crippen molar-refractivity contribution in [2.75, 3.05) is 6.61 Å². The summed E-state index contributed by atoms with van der Waals surface area (Å²) in [5, 5.41) is 10.3. The SMILES string of the molecule is CC(C)(CO)[C@@H](N)c1cc(Cl)cc(Cl)c1. The van der Waals surface area contributed by atoms with Crippen molar-refractivity contribution >= 4 is 23.2 Å². The monoisotopic (exact) mass is 247 g/mol. The third kappa shape index (κ3) is 3.08. The summed E-state index contributed by atoms with van der Waals surface area (Å²) in [7, 11) is 0. The zero-order valence-corrected chi connectivity index (χ0v) is 10.3. The highest BCUT2D eigenvalue weighted by atomic mass is 35.5. The fourth-order valence-electron chi connectivity index (χ4n) is 1.30. The lowest BCUT2D eigenvalue weighted by Crippen LogP contribution is -2.32. The van der Waals surface area contributed by atoms with E-state index in [4.69, 9.17) is 28.9 Å². The van der Waals surface area contributed by atoms with Crippen LogP contribution < -0.4 is 5.73 Å². The van der Waals surface area contributed by atoms with Crippen LogP contribution in [0.25, 0.3) is 0 Å². The summed E-state index contributed by atoms with van der Waals surface area (Å²) in [6, 6.07) is 4.91. The zero-order chi connectivity index (χ0) is 11.6. The molecule has 0 aromatic heterocycles. The van der Waals surface area contributed by atoms with Crippen LogP contribution in [0.4, 0.5) is 0 Å². The predicted molar refractivity (Wildman–Crippen MR) is 64.3 cm³/mol. The maximum absolute atomic E-state index is 9.22. The Hall–Kier alpha value is -0.280. The normalized spacial score (nSPS) is 14.0. The molecule has 0 bridgehead atoms. The molecule has 2 nitrogen and oxygen atoms in total. The van der Waals surface area contributed by atoms with Crippen molar-refractivity contribution in [3.05, 3.63) is 33.8 Å². The van der Waals surface area contributed by atoms with Crippen LogP contribution in [0.3, 0.4) is 0 Å². The van der Waals surface area contributed by atoms with Crippen LogP contribution in [0.1, 0.15) is 25.5 Å². The average Bonchev–Trinajstić information content (AvgIpc) is 2.15. The number of hydrogen-bond donors (Lipinski definition) is 2. The molecule has 0 aliphatic heterocycles. The van der Waals surface area contributed by atoms with Gasteiger partial charge in [0.2, 0.25) is 0 Å². The molecule has 0 amide bonds. The van der Waals surface area contributed by atoms with Gasteiger partial charge in [0.1, 0.15) is 0 Å². The molecular weight excluding hydrogens is 233 g/mol. The summed E-state index contributed by atoms with van der Waals surface area (Å²) in [5.74, 6) is 0. The van der Waals surface area contributed by atoms with Gasteiger partial charge in [-0.3, -0.25) is 0 Å². The molecule has 84 valence electrons. The van der Waals surface area contributed by atoms with Crippen molar-refractivity contribution in [2.45, 2.75) is 19.9 Å². The zero-order valence-electron chi connectivity index (χ0n) is 8.80. The van der Waals surface area contributed by atoms with Gasteiger partial charge in [0.15, 0.2) is 0 Å². The third-order valence-electron chi connectivity index (χ3n) is 2.49.